The molecule has 2 fully saturated rings. The summed E-state index contributed by atoms with van der Waals surface area (Å²) in [5.74, 6) is 0.945. The molecule has 2 bridgehead atoms. The number of thiazole rings is 1. The largest absolute Gasteiger partial charge is 0.351 e. The minimum atomic E-state index is -0.192. The van der Waals surface area contributed by atoms with Gasteiger partial charge in [-0.1, -0.05) is 13.8 Å². The van der Waals surface area contributed by atoms with E-state index < -0.39 is 0 Å². The zero-order chi connectivity index (χ0) is 21.3. The van der Waals surface area contributed by atoms with Gasteiger partial charge in [-0.2, -0.15) is 0 Å². The Balaban J connectivity index is 1.51. The highest BCUT2D eigenvalue weighted by atomic mass is 32.1. The van der Waals surface area contributed by atoms with Gasteiger partial charge in [0.25, 0.3) is 5.91 Å². The van der Waals surface area contributed by atoms with Crippen molar-refractivity contribution in [3.8, 4) is 0 Å². The van der Waals surface area contributed by atoms with E-state index in [4.69, 9.17) is 0 Å². The van der Waals surface area contributed by atoms with Crippen molar-refractivity contribution in [2.75, 3.05) is 13.1 Å². The summed E-state index contributed by atoms with van der Waals surface area (Å²) in [4.78, 5) is 32.7. The predicted molar refractivity (Wildman–Crippen MR) is 117 cm³/mol. The molecule has 0 radical (unpaired) electrons. The molecule has 2 unspecified atom stereocenters. The number of nitrogens with one attached hydrogen (secondary N) is 2. The van der Waals surface area contributed by atoms with Crippen LogP contribution in [0.2, 0.25) is 0 Å². The summed E-state index contributed by atoms with van der Waals surface area (Å²) in [5.41, 5.74) is 0.638. The van der Waals surface area contributed by atoms with Crippen LogP contribution in [0.3, 0.4) is 0 Å². The first-order valence-corrected chi connectivity index (χ1v) is 11.7. The molecule has 0 aromatic carbocycles. The first-order chi connectivity index (χ1) is 13.5. The molecule has 2 aliphatic rings. The zero-order valence-corrected chi connectivity index (χ0v) is 19.5. The van der Waals surface area contributed by atoms with Crippen LogP contribution in [0.5, 0.6) is 0 Å². The lowest BCUT2D eigenvalue weighted by Gasteiger charge is -2.39. The first kappa shape index (κ1) is 22.2. The van der Waals surface area contributed by atoms with Crippen LogP contribution in [0, 0.1) is 12.8 Å². The molecule has 162 valence electrons. The van der Waals surface area contributed by atoms with E-state index in [1.54, 1.807) is 0 Å². The van der Waals surface area contributed by atoms with Crippen molar-refractivity contribution in [3.63, 3.8) is 0 Å². The number of aryl methyl sites for hydroxylation is 1. The minimum Gasteiger partial charge on any atom is -0.351 e. The maximum atomic E-state index is 12.7. The monoisotopic (exact) mass is 420 g/mol. The van der Waals surface area contributed by atoms with Crippen LogP contribution in [-0.4, -0.2) is 52.4 Å². The number of fused-ring (bicyclic) bond motifs is 2. The van der Waals surface area contributed by atoms with Gasteiger partial charge in [0.1, 0.15) is 4.88 Å². The molecule has 3 heterocycles. The Morgan fingerprint density at radius 2 is 1.83 bits per heavy atom. The fourth-order valence-electron chi connectivity index (χ4n) is 4.63. The van der Waals surface area contributed by atoms with Crippen molar-refractivity contribution in [3.05, 3.63) is 15.6 Å². The Morgan fingerprint density at radius 3 is 2.34 bits per heavy atom. The smallest absolute Gasteiger partial charge is 0.263 e. The summed E-state index contributed by atoms with van der Waals surface area (Å²) in [6.07, 6.45) is 4.42. The van der Waals surface area contributed by atoms with E-state index in [2.05, 4.69) is 34.4 Å². The SMILES string of the molecule is Cc1nc(C(C)C)sc1C(=O)NCC1CC2CCC(C1)N2CC(=O)NC(C)(C)C. The van der Waals surface area contributed by atoms with E-state index in [1.807, 2.05) is 27.7 Å². The fourth-order valence-corrected chi connectivity index (χ4v) is 5.61. The summed E-state index contributed by atoms with van der Waals surface area (Å²) in [6.45, 7) is 13.4. The van der Waals surface area contributed by atoms with E-state index in [-0.39, 0.29) is 17.4 Å². The van der Waals surface area contributed by atoms with E-state index in [0.717, 1.165) is 41.3 Å². The molecular formula is C22H36N4O2S. The normalized spacial score (nSPS) is 24.7. The van der Waals surface area contributed by atoms with Gasteiger partial charge in [-0.05, 0) is 59.3 Å². The van der Waals surface area contributed by atoms with E-state index in [9.17, 15) is 9.59 Å². The molecule has 3 rings (SSSR count). The summed E-state index contributed by atoms with van der Waals surface area (Å²) in [5, 5.41) is 7.25. The highest BCUT2D eigenvalue weighted by molar-refractivity contribution is 7.13. The maximum Gasteiger partial charge on any atom is 0.263 e. The lowest BCUT2D eigenvalue weighted by molar-refractivity contribution is -0.125. The number of amides is 2. The van der Waals surface area contributed by atoms with Crippen LogP contribution in [0.1, 0.15) is 86.6 Å². The minimum absolute atomic E-state index is 0.00577. The number of aromatic nitrogens is 1. The lowest BCUT2D eigenvalue weighted by Crippen LogP contribution is -2.52. The van der Waals surface area contributed by atoms with Crippen molar-refractivity contribution >= 4 is 23.2 Å². The molecule has 2 N–H and O–H groups in total. The molecule has 1 aromatic rings. The molecular weight excluding hydrogens is 384 g/mol. The molecule has 2 saturated heterocycles. The van der Waals surface area contributed by atoms with Crippen LogP contribution in [-0.2, 0) is 4.79 Å². The highest BCUT2D eigenvalue weighted by Gasteiger charge is 2.41. The van der Waals surface area contributed by atoms with Crippen LogP contribution in [0.4, 0.5) is 0 Å². The summed E-state index contributed by atoms with van der Waals surface area (Å²) >= 11 is 1.51. The highest BCUT2D eigenvalue weighted by Crippen LogP contribution is 2.38. The second-order valence-corrected chi connectivity index (χ2v) is 11.1. The Bertz CT molecular complexity index is 738. The number of hydrogen-bond acceptors (Lipinski definition) is 5. The van der Waals surface area contributed by atoms with Gasteiger partial charge in [0, 0.05) is 30.1 Å². The average molecular weight is 421 g/mol. The molecule has 0 spiro atoms. The van der Waals surface area contributed by atoms with Gasteiger partial charge >= 0.3 is 0 Å². The third-order valence-electron chi connectivity index (χ3n) is 5.89. The van der Waals surface area contributed by atoms with Crippen LogP contribution < -0.4 is 10.6 Å². The lowest BCUT2D eigenvalue weighted by atomic mass is 9.90. The number of piperidine rings is 1. The van der Waals surface area contributed by atoms with Gasteiger partial charge in [0.15, 0.2) is 0 Å². The Hall–Kier alpha value is -1.47. The van der Waals surface area contributed by atoms with Crippen molar-refractivity contribution in [2.24, 2.45) is 5.92 Å². The maximum absolute atomic E-state index is 12.7. The second kappa shape index (κ2) is 8.72. The van der Waals surface area contributed by atoms with Crippen LogP contribution in [0.25, 0.3) is 0 Å². The quantitative estimate of drug-likeness (QED) is 0.739. The number of carbonyl (C=O) groups is 2. The molecule has 2 aliphatic heterocycles. The summed E-state index contributed by atoms with van der Waals surface area (Å²) in [7, 11) is 0. The number of nitrogens with zero attached hydrogens (tertiary/aromatic N) is 2. The second-order valence-electron chi connectivity index (χ2n) is 10.0. The zero-order valence-electron chi connectivity index (χ0n) is 18.7. The topological polar surface area (TPSA) is 74.3 Å². The van der Waals surface area contributed by atoms with Crippen molar-refractivity contribution in [1.82, 2.24) is 20.5 Å². The van der Waals surface area contributed by atoms with Crippen LogP contribution in [0.15, 0.2) is 0 Å². The predicted octanol–water partition coefficient (Wildman–Crippen LogP) is 3.46. The number of carbonyl (C=O) groups excluding carboxylic acids is 2. The van der Waals surface area contributed by atoms with Gasteiger partial charge in [0.05, 0.1) is 17.2 Å². The van der Waals surface area contributed by atoms with Crippen molar-refractivity contribution < 1.29 is 9.59 Å². The van der Waals surface area contributed by atoms with Gasteiger partial charge in [-0.3, -0.25) is 14.5 Å². The molecule has 7 heteroatoms. The number of hydrogen-bond donors (Lipinski definition) is 2. The summed E-state index contributed by atoms with van der Waals surface area (Å²) in [6, 6.07) is 0.915. The average Bonchev–Trinajstić information content (AvgIpc) is 3.08. The Kier molecular flexibility index (Phi) is 6.68. The van der Waals surface area contributed by atoms with Gasteiger partial charge < -0.3 is 10.6 Å². The Morgan fingerprint density at radius 1 is 1.21 bits per heavy atom. The van der Waals surface area contributed by atoms with Gasteiger partial charge in [-0.25, -0.2) is 4.98 Å². The molecule has 1 aromatic heterocycles. The standard InChI is InChI=1S/C22H36N4O2S/c1-13(2)21-24-14(3)19(29-21)20(28)23-11-15-9-16-7-8-17(10-15)26(16)12-18(27)25-22(4,5)6/h13,15-17H,7-12H2,1-6H3,(H,23,28)(H,25,27). The van der Waals surface area contributed by atoms with Gasteiger partial charge in [-0.15, -0.1) is 11.3 Å². The summed E-state index contributed by atoms with van der Waals surface area (Å²) < 4.78 is 0. The van der Waals surface area contributed by atoms with E-state index >= 15 is 0 Å². The molecule has 0 aliphatic carbocycles. The molecule has 6 nitrogen and oxygen atoms in total. The molecule has 0 saturated carbocycles. The van der Waals surface area contributed by atoms with E-state index in [0.29, 0.717) is 37.0 Å². The molecule has 2 amide bonds. The van der Waals surface area contributed by atoms with Crippen molar-refractivity contribution in [1.29, 1.82) is 0 Å². The third kappa shape index (κ3) is 5.57. The third-order valence-corrected chi connectivity index (χ3v) is 7.34. The fraction of sp³-hybridized carbons (Fsp3) is 0.773. The van der Waals surface area contributed by atoms with Crippen molar-refractivity contribution in [2.45, 2.75) is 90.8 Å². The Labute approximate surface area is 178 Å². The number of rotatable bonds is 6. The van der Waals surface area contributed by atoms with Gasteiger partial charge in [0.2, 0.25) is 5.91 Å². The van der Waals surface area contributed by atoms with E-state index in [1.165, 1.54) is 11.3 Å². The van der Waals surface area contributed by atoms with Crippen LogP contribution >= 0.6 is 11.3 Å². The molecule has 2 atom stereocenters. The molecule has 29 heavy (non-hydrogen) atoms. The first-order valence-electron chi connectivity index (χ1n) is 10.9.